The van der Waals surface area contributed by atoms with E-state index >= 15 is 0 Å². The monoisotopic (exact) mass is 243 g/mol. The number of carbonyl (C=O) groups is 1. The van der Waals surface area contributed by atoms with Crippen LogP contribution in [0.15, 0.2) is 0 Å². The van der Waals surface area contributed by atoms with Crippen molar-refractivity contribution in [1.29, 1.82) is 0 Å². The molecule has 0 aromatic carbocycles. The Balaban J connectivity index is 3.96. The van der Waals surface area contributed by atoms with Crippen molar-refractivity contribution < 1.29 is 9.90 Å². The summed E-state index contributed by atoms with van der Waals surface area (Å²) in [5.74, 6) is 0.0323. The lowest BCUT2D eigenvalue weighted by Gasteiger charge is -2.25. The van der Waals surface area contributed by atoms with Crippen molar-refractivity contribution in [2.24, 2.45) is 11.3 Å². The summed E-state index contributed by atoms with van der Waals surface area (Å²) in [5.41, 5.74) is -0.588. The van der Waals surface area contributed by atoms with Crippen LogP contribution >= 0.6 is 0 Å². The fraction of sp³-hybridized carbons (Fsp3) is 0.929. The van der Waals surface area contributed by atoms with Crippen molar-refractivity contribution in [3.05, 3.63) is 0 Å². The lowest BCUT2D eigenvalue weighted by atomic mass is 9.88. The fourth-order valence-electron chi connectivity index (χ4n) is 1.80. The van der Waals surface area contributed by atoms with E-state index in [0.717, 1.165) is 38.4 Å². The zero-order valence-electron chi connectivity index (χ0n) is 12.1. The van der Waals surface area contributed by atoms with Crippen LogP contribution in [0, 0.1) is 11.3 Å². The predicted octanol–water partition coefficient (Wildman–Crippen LogP) is 3.25. The first-order valence-electron chi connectivity index (χ1n) is 6.79. The SMILES string of the molecule is CCC(C)CN(CC)CCCC(C)(C)C(=O)O. The average Bonchev–Trinajstić information content (AvgIpc) is 2.26. The molecule has 0 fully saturated rings. The normalized spacial score (nSPS) is 14.0. The molecule has 0 spiro atoms. The highest BCUT2D eigenvalue weighted by Crippen LogP contribution is 2.22. The summed E-state index contributed by atoms with van der Waals surface area (Å²) in [6.07, 6.45) is 2.92. The maximum Gasteiger partial charge on any atom is 0.309 e. The third-order valence-corrected chi connectivity index (χ3v) is 3.57. The van der Waals surface area contributed by atoms with Gasteiger partial charge < -0.3 is 10.0 Å². The van der Waals surface area contributed by atoms with E-state index in [4.69, 9.17) is 5.11 Å². The molecule has 17 heavy (non-hydrogen) atoms. The quantitative estimate of drug-likeness (QED) is 0.676. The lowest BCUT2D eigenvalue weighted by molar-refractivity contribution is -0.147. The van der Waals surface area contributed by atoms with E-state index in [1.165, 1.54) is 6.42 Å². The van der Waals surface area contributed by atoms with Gasteiger partial charge >= 0.3 is 5.97 Å². The Morgan fingerprint density at radius 1 is 1.35 bits per heavy atom. The molecule has 0 aromatic heterocycles. The molecule has 0 saturated heterocycles. The zero-order valence-corrected chi connectivity index (χ0v) is 12.1. The molecule has 3 nitrogen and oxygen atoms in total. The highest BCUT2D eigenvalue weighted by molar-refractivity contribution is 5.73. The molecular formula is C14H29NO2. The molecule has 0 amide bonds. The van der Waals surface area contributed by atoms with Gasteiger partial charge in [0.15, 0.2) is 0 Å². The van der Waals surface area contributed by atoms with E-state index in [2.05, 4.69) is 25.7 Å². The number of nitrogens with zero attached hydrogens (tertiary/aromatic N) is 1. The van der Waals surface area contributed by atoms with Crippen LogP contribution in [-0.4, -0.2) is 35.6 Å². The second-order valence-electron chi connectivity index (χ2n) is 5.70. The molecule has 0 saturated carbocycles. The molecule has 0 aromatic rings. The number of hydrogen-bond donors (Lipinski definition) is 1. The molecule has 0 heterocycles. The zero-order chi connectivity index (χ0) is 13.5. The van der Waals surface area contributed by atoms with Gasteiger partial charge in [0.1, 0.15) is 0 Å². The van der Waals surface area contributed by atoms with Gasteiger partial charge in [-0.25, -0.2) is 0 Å². The minimum atomic E-state index is -0.692. The van der Waals surface area contributed by atoms with Gasteiger partial charge in [-0.05, 0) is 45.7 Å². The van der Waals surface area contributed by atoms with E-state index < -0.39 is 11.4 Å². The molecule has 0 aliphatic heterocycles. The molecule has 102 valence electrons. The molecular weight excluding hydrogens is 214 g/mol. The smallest absolute Gasteiger partial charge is 0.309 e. The van der Waals surface area contributed by atoms with Gasteiger partial charge in [0.05, 0.1) is 5.41 Å². The van der Waals surface area contributed by atoms with Crippen molar-refractivity contribution in [1.82, 2.24) is 4.90 Å². The number of aliphatic carboxylic acids is 1. The van der Waals surface area contributed by atoms with Crippen LogP contribution in [0.4, 0.5) is 0 Å². The summed E-state index contributed by atoms with van der Waals surface area (Å²) in [6.45, 7) is 13.5. The highest BCUT2D eigenvalue weighted by atomic mass is 16.4. The molecule has 0 aliphatic carbocycles. The van der Waals surface area contributed by atoms with Crippen LogP contribution in [0.3, 0.4) is 0 Å². The van der Waals surface area contributed by atoms with Crippen LogP contribution < -0.4 is 0 Å². The van der Waals surface area contributed by atoms with Crippen LogP contribution in [0.5, 0.6) is 0 Å². The van der Waals surface area contributed by atoms with Crippen molar-refractivity contribution in [2.45, 2.75) is 53.9 Å². The Kier molecular flexibility index (Phi) is 7.44. The summed E-state index contributed by atoms with van der Waals surface area (Å²) in [7, 11) is 0. The summed E-state index contributed by atoms with van der Waals surface area (Å²) in [5, 5.41) is 9.03. The van der Waals surface area contributed by atoms with Crippen molar-refractivity contribution in [3.8, 4) is 0 Å². The number of carboxylic acids is 1. The van der Waals surface area contributed by atoms with Crippen LogP contribution in [0.1, 0.15) is 53.9 Å². The van der Waals surface area contributed by atoms with E-state index in [-0.39, 0.29) is 0 Å². The van der Waals surface area contributed by atoms with E-state index in [1.807, 2.05) is 0 Å². The first-order chi connectivity index (χ1) is 7.83. The van der Waals surface area contributed by atoms with Crippen molar-refractivity contribution in [2.75, 3.05) is 19.6 Å². The van der Waals surface area contributed by atoms with Crippen LogP contribution in [0.25, 0.3) is 0 Å². The van der Waals surface area contributed by atoms with Crippen molar-refractivity contribution >= 4 is 5.97 Å². The summed E-state index contributed by atoms with van der Waals surface area (Å²) < 4.78 is 0. The second-order valence-corrected chi connectivity index (χ2v) is 5.70. The third-order valence-electron chi connectivity index (χ3n) is 3.57. The summed E-state index contributed by atoms with van der Waals surface area (Å²) in [4.78, 5) is 13.4. The first-order valence-corrected chi connectivity index (χ1v) is 6.79. The van der Waals surface area contributed by atoms with Gasteiger partial charge in [-0.3, -0.25) is 4.79 Å². The van der Waals surface area contributed by atoms with Gasteiger partial charge in [0.2, 0.25) is 0 Å². The minimum Gasteiger partial charge on any atom is -0.481 e. The van der Waals surface area contributed by atoms with Gasteiger partial charge in [0.25, 0.3) is 0 Å². The molecule has 1 N–H and O–H groups in total. The molecule has 0 aliphatic rings. The number of carboxylic acid groups (broad SMARTS) is 1. The van der Waals surface area contributed by atoms with E-state index in [1.54, 1.807) is 13.8 Å². The fourth-order valence-corrected chi connectivity index (χ4v) is 1.80. The van der Waals surface area contributed by atoms with Gasteiger partial charge in [-0.15, -0.1) is 0 Å². The Labute approximate surface area is 106 Å². The molecule has 0 radical (unpaired) electrons. The summed E-state index contributed by atoms with van der Waals surface area (Å²) in [6, 6.07) is 0. The van der Waals surface area contributed by atoms with Crippen molar-refractivity contribution in [3.63, 3.8) is 0 Å². The topological polar surface area (TPSA) is 40.5 Å². The Hall–Kier alpha value is -0.570. The Bertz CT molecular complexity index is 226. The molecule has 1 atom stereocenters. The van der Waals surface area contributed by atoms with Gasteiger partial charge in [-0.2, -0.15) is 0 Å². The standard InChI is InChI=1S/C14H29NO2/c1-6-12(3)11-15(7-2)10-8-9-14(4,5)13(16)17/h12H,6-11H2,1-5H3,(H,16,17). The predicted molar refractivity (Wildman–Crippen MR) is 72.2 cm³/mol. The van der Waals surface area contributed by atoms with E-state index in [0.29, 0.717) is 0 Å². The largest absolute Gasteiger partial charge is 0.481 e. The average molecular weight is 243 g/mol. The third kappa shape index (κ3) is 6.67. The first kappa shape index (κ1) is 16.4. The molecule has 1 unspecified atom stereocenters. The Morgan fingerprint density at radius 3 is 2.35 bits per heavy atom. The van der Waals surface area contributed by atoms with Crippen LogP contribution in [0.2, 0.25) is 0 Å². The Morgan fingerprint density at radius 2 is 1.94 bits per heavy atom. The van der Waals surface area contributed by atoms with E-state index in [9.17, 15) is 4.79 Å². The lowest BCUT2D eigenvalue weighted by Crippen LogP contribution is -2.31. The number of rotatable bonds is 9. The van der Waals surface area contributed by atoms with Gasteiger partial charge in [0, 0.05) is 6.54 Å². The highest BCUT2D eigenvalue weighted by Gasteiger charge is 2.26. The molecule has 0 rings (SSSR count). The maximum atomic E-state index is 11.0. The maximum absolute atomic E-state index is 11.0. The number of hydrogen-bond acceptors (Lipinski definition) is 2. The second kappa shape index (κ2) is 7.70. The molecule has 0 bridgehead atoms. The minimum absolute atomic E-state index is 0.588. The molecule has 3 heteroatoms. The summed E-state index contributed by atoms with van der Waals surface area (Å²) >= 11 is 0. The van der Waals surface area contributed by atoms with Crippen LogP contribution in [-0.2, 0) is 4.79 Å². The van der Waals surface area contributed by atoms with Gasteiger partial charge in [-0.1, -0.05) is 27.2 Å².